The molecule has 0 aromatic heterocycles. The van der Waals surface area contributed by atoms with E-state index in [0.29, 0.717) is 11.3 Å². The predicted octanol–water partition coefficient (Wildman–Crippen LogP) is 1.50. The number of amides is 1. The fourth-order valence-corrected chi connectivity index (χ4v) is 1.24. The molecule has 3 N–H and O–H groups in total. The van der Waals surface area contributed by atoms with E-state index in [2.05, 4.69) is 17.2 Å². The average molecular weight is 264 g/mol. The van der Waals surface area contributed by atoms with Crippen LogP contribution in [-0.2, 0) is 9.53 Å². The third-order valence-electron chi connectivity index (χ3n) is 2.61. The van der Waals surface area contributed by atoms with Crippen molar-refractivity contribution in [3.05, 3.63) is 29.6 Å². The summed E-state index contributed by atoms with van der Waals surface area (Å²) in [5.74, 6) is 4.58. The van der Waals surface area contributed by atoms with Crippen LogP contribution in [0.3, 0.4) is 0 Å². The fraction of sp³-hybridized carbons (Fsp3) is 0.357. The van der Waals surface area contributed by atoms with Crippen LogP contribution in [0.25, 0.3) is 0 Å². The molecular formula is C14H17FN2O2. The fourth-order valence-electron chi connectivity index (χ4n) is 1.24. The quantitative estimate of drug-likeness (QED) is 0.813. The predicted molar refractivity (Wildman–Crippen MR) is 72.1 cm³/mol. The average Bonchev–Trinajstić information content (AvgIpc) is 2.38. The van der Waals surface area contributed by atoms with Gasteiger partial charge in [-0.3, -0.25) is 4.79 Å². The maximum absolute atomic E-state index is 13.2. The normalized spacial score (nSPS) is 10.6. The van der Waals surface area contributed by atoms with E-state index >= 15 is 0 Å². The molecule has 1 aromatic carbocycles. The first-order valence-corrected chi connectivity index (χ1v) is 5.76. The van der Waals surface area contributed by atoms with Gasteiger partial charge >= 0.3 is 0 Å². The van der Waals surface area contributed by atoms with Crippen molar-refractivity contribution >= 4 is 11.6 Å². The molecule has 102 valence electrons. The molecule has 0 aliphatic rings. The molecule has 5 heteroatoms. The van der Waals surface area contributed by atoms with Gasteiger partial charge in [-0.2, -0.15) is 0 Å². The van der Waals surface area contributed by atoms with E-state index in [0.717, 1.165) is 0 Å². The Kier molecular flexibility index (Phi) is 5.04. The van der Waals surface area contributed by atoms with E-state index in [-0.39, 0.29) is 12.5 Å². The van der Waals surface area contributed by atoms with E-state index in [1.54, 1.807) is 13.8 Å². The molecule has 1 aromatic rings. The lowest BCUT2D eigenvalue weighted by Gasteiger charge is -2.22. The van der Waals surface area contributed by atoms with Crippen LogP contribution >= 0.6 is 0 Å². The van der Waals surface area contributed by atoms with Crippen molar-refractivity contribution in [3.63, 3.8) is 0 Å². The molecule has 1 rings (SSSR count). The van der Waals surface area contributed by atoms with E-state index < -0.39 is 11.4 Å². The number of carbonyl (C=O) groups is 1. The van der Waals surface area contributed by atoms with E-state index in [9.17, 15) is 9.18 Å². The third kappa shape index (κ3) is 4.05. The standard InChI is InChI=1S/C14H17FN2O2/c1-14(2,19-3)13(18)17-12-7-6-11(15)9-10(12)5-4-8-16/h6-7,9H,8,16H2,1-3H3,(H,17,18). The largest absolute Gasteiger partial charge is 0.369 e. The number of nitrogens with two attached hydrogens (primary N) is 1. The van der Waals surface area contributed by atoms with Crippen LogP contribution in [0.5, 0.6) is 0 Å². The Bertz CT molecular complexity index is 530. The summed E-state index contributed by atoms with van der Waals surface area (Å²) < 4.78 is 18.2. The number of hydrogen-bond acceptors (Lipinski definition) is 3. The van der Waals surface area contributed by atoms with Gasteiger partial charge in [-0.1, -0.05) is 11.8 Å². The molecule has 0 spiro atoms. The number of halogens is 1. The molecule has 0 radical (unpaired) electrons. The van der Waals surface area contributed by atoms with Gasteiger partial charge in [0.25, 0.3) is 5.91 Å². The van der Waals surface area contributed by atoms with Gasteiger partial charge in [0.05, 0.1) is 17.8 Å². The van der Waals surface area contributed by atoms with Crippen molar-refractivity contribution in [1.82, 2.24) is 0 Å². The minimum Gasteiger partial charge on any atom is -0.369 e. The third-order valence-corrected chi connectivity index (χ3v) is 2.61. The molecule has 0 aliphatic heterocycles. The van der Waals surface area contributed by atoms with Crippen LogP contribution in [0.4, 0.5) is 10.1 Å². The molecule has 0 bridgehead atoms. The maximum Gasteiger partial charge on any atom is 0.256 e. The van der Waals surface area contributed by atoms with Crippen molar-refractivity contribution in [1.29, 1.82) is 0 Å². The first kappa shape index (κ1) is 15.2. The Balaban J connectivity index is 3.04. The summed E-state index contributed by atoms with van der Waals surface area (Å²) in [6.07, 6.45) is 0. The zero-order valence-corrected chi connectivity index (χ0v) is 11.2. The van der Waals surface area contributed by atoms with Gasteiger partial charge < -0.3 is 15.8 Å². The monoisotopic (exact) mass is 264 g/mol. The lowest BCUT2D eigenvalue weighted by atomic mass is 10.1. The molecule has 0 aliphatic carbocycles. The molecule has 0 atom stereocenters. The highest BCUT2D eigenvalue weighted by Gasteiger charge is 2.27. The van der Waals surface area contributed by atoms with Crippen LogP contribution in [0.2, 0.25) is 0 Å². The van der Waals surface area contributed by atoms with Crippen molar-refractivity contribution < 1.29 is 13.9 Å². The van der Waals surface area contributed by atoms with Crippen LogP contribution in [-0.4, -0.2) is 25.2 Å². The summed E-state index contributed by atoms with van der Waals surface area (Å²) in [5.41, 5.74) is 5.11. The zero-order chi connectivity index (χ0) is 14.5. The molecule has 1 amide bonds. The van der Waals surface area contributed by atoms with Crippen molar-refractivity contribution in [3.8, 4) is 11.8 Å². The molecule has 0 saturated heterocycles. The van der Waals surface area contributed by atoms with Crippen molar-refractivity contribution in [2.75, 3.05) is 19.0 Å². The lowest BCUT2D eigenvalue weighted by Crippen LogP contribution is -2.39. The van der Waals surface area contributed by atoms with Gasteiger partial charge in [0, 0.05) is 7.11 Å². The first-order chi connectivity index (χ1) is 8.90. The number of rotatable bonds is 3. The zero-order valence-electron chi connectivity index (χ0n) is 11.2. The second-order valence-corrected chi connectivity index (χ2v) is 4.36. The van der Waals surface area contributed by atoms with Gasteiger partial charge in [-0.25, -0.2) is 4.39 Å². The summed E-state index contributed by atoms with van der Waals surface area (Å²) in [6.45, 7) is 3.43. The Morgan fingerprint density at radius 1 is 1.53 bits per heavy atom. The van der Waals surface area contributed by atoms with E-state index in [4.69, 9.17) is 10.5 Å². The van der Waals surface area contributed by atoms with Gasteiger partial charge in [0.15, 0.2) is 0 Å². The smallest absolute Gasteiger partial charge is 0.256 e. The topological polar surface area (TPSA) is 64.3 Å². The first-order valence-electron chi connectivity index (χ1n) is 5.76. The molecule has 0 saturated carbocycles. The highest BCUT2D eigenvalue weighted by molar-refractivity contribution is 5.97. The molecule has 4 nitrogen and oxygen atoms in total. The molecule has 19 heavy (non-hydrogen) atoms. The second-order valence-electron chi connectivity index (χ2n) is 4.36. The number of methoxy groups -OCH3 is 1. The minimum absolute atomic E-state index is 0.160. The Morgan fingerprint density at radius 2 is 2.21 bits per heavy atom. The second kappa shape index (κ2) is 6.32. The number of carbonyl (C=O) groups excluding carboxylic acids is 1. The summed E-state index contributed by atoms with van der Waals surface area (Å²) in [7, 11) is 1.44. The summed E-state index contributed by atoms with van der Waals surface area (Å²) in [5, 5.41) is 2.66. The van der Waals surface area contributed by atoms with Crippen LogP contribution in [0.15, 0.2) is 18.2 Å². The number of anilines is 1. The number of ether oxygens (including phenoxy) is 1. The molecule has 0 unspecified atom stereocenters. The Hall–Kier alpha value is -1.90. The number of nitrogens with one attached hydrogen (secondary N) is 1. The Morgan fingerprint density at radius 3 is 2.79 bits per heavy atom. The number of benzene rings is 1. The summed E-state index contributed by atoms with van der Waals surface area (Å²) in [4.78, 5) is 12.0. The van der Waals surface area contributed by atoms with Gasteiger partial charge in [0.1, 0.15) is 11.4 Å². The van der Waals surface area contributed by atoms with Crippen molar-refractivity contribution in [2.24, 2.45) is 5.73 Å². The van der Waals surface area contributed by atoms with Crippen LogP contribution in [0.1, 0.15) is 19.4 Å². The van der Waals surface area contributed by atoms with Gasteiger partial charge in [-0.05, 0) is 32.0 Å². The number of hydrogen-bond donors (Lipinski definition) is 2. The summed E-state index contributed by atoms with van der Waals surface area (Å²) >= 11 is 0. The van der Waals surface area contributed by atoms with Crippen LogP contribution < -0.4 is 11.1 Å². The molecular weight excluding hydrogens is 247 g/mol. The van der Waals surface area contributed by atoms with E-state index in [1.165, 1.54) is 25.3 Å². The van der Waals surface area contributed by atoms with Crippen molar-refractivity contribution in [2.45, 2.75) is 19.4 Å². The highest BCUT2D eigenvalue weighted by atomic mass is 19.1. The summed E-state index contributed by atoms with van der Waals surface area (Å²) in [6, 6.07) is 3.96. The van der Waals surface area contributed by atoms with Gasteiger partial charge in [0.2, 0.25) is 0 Å². The van der Waals surface area contributed by atoms with Gasteiger partial charge in [-0.15, -0.1) is 0 Å². The van der Waals surface area contributed by atoms with Crippen LogP contribution in [0, 0.1) is 17.7 Å². The maximum atomic E-state index is 13.2. The molecule has 0 heterocycles. The molecule has 0 fully saturated rings. The Labute approximate surface area is 112 Å². The minimum atomic E-state index is -0.979. The SMILES string of the molecule is COC(C)(C)C(=O)Nc1ccc(F)cc1C#CCN. The highest BCUT2D eigenvalue weighted by Crippen LogP contribution is 2.18. The van der Waals surface area contributed by atoms with E-state index in [1.807, 2.05) is 0 Å². The lowest BCUT2D eigenvalue weighted by molar-refractivity contribution is -0.133.